The van der Waals surface area contributed by atoms with Crippen molar-refractivity contribution in [3.05, 3.63) is 29.6 Å². The summed E-state index contributed by atoms with van der Waals surface area (Å²) in [4.78, 5) is 28.0. The van der Waals surface area contributed by atoms with E-state index in [1.54, 1.807) is 7.05 Å². The van der Waals surface area contributed by atoms with E-state index in [1.165, 1.54) is 4.90 Å². The van der Waals surface area contributed by atoms with Gasteiger partial charge in [-0.1, -0.05) is 13.8 Å². The molecule has 0 aliphatic heterocycles. The fourth-order valence-electron chi connectivity index (χ4n) is 2.75. The Morgan fingerprint density at radius 1 is 1.00 bits per heavy atom. The zero-order chi connectivity index (χ0) is 20.7. The highest BCUT2D eigenvalue weighted by atomic mass is 19.2. The summed E-state index contributed by atoms with van der Waals surface area (Å²) in [5.41, 5.74) is -0.445. The third kappa shape index (κ3) is 6.23. The Bertz CT molecular complexity index is 660. The van der Waals surface area contributed by atoms with Crippen LogP contribution in [0.25, 0.3) is 0 Å². The predicted octanol–water partition coefficient (Wildman–Crippen LogP) is 3.40. The van der Waals surface area contributed by atoms with Crippen molar-refractivity contribution >= 4 is 17.5 Å². The van der Waals surface area contributed by atoms with Crippen LogP contribution >= 0.6 is 0 Å². The second-order valence-corrected chi connectivity index (χ2v) is 6.76. The largest absolute Gasteiger partial charge is 0.336 e. The van der Waals surface area contributed by atoms with Gasteiger partial charge in [0.05, 0.1) is 18.8 Å². The number of nitrogens with zero attached hydrogens (tertiary/aromatic N) is 2. The minimum atomic E-state index is -1.64. The van der Waals surface area contributed by atoms with Gasteiger partial charge in [-0.2, -0.15) is 0 Å². The molecule has 1 rings (SSSR count). The Morgan fingerprint density at radius 2 is 1.56 bits per heavy atom. The molecular weight excluding hydrogens is 359 g/mol. The van der Waals surface area contributed by atoms with Crippen molar-refractivity contribution in [2.75, 3.05) is 25.5 Å². The topological polar surface area (TPSA) is 52.7 Å². The number of carbonyl (C=O) groups is 2. The first-order valence-electron chi connectivity index (χ1n) is 9.05. The molecule has 0 aliphatic carbocycles. The van der Waals surface area contributed by atoms with E-state index in [4.69, 9.17) is 0 Å². The van der Waals surface area contributed by atoms with Crippen LogP contribution in [0.3, 0.4) is 0 Å². The van der Waals surface area contributed by atoms with Crippen LogP contribution in [0.5, 0.6) is 0 Å². The zero-order valence-corrected chi connectivity index (χ0v) is 16.5. The lowest BCUT2D eigenvalue weighted by Gasteiger charge is -2.35. The first-order chi connectivity index (χ1) is 12.6. The van der Waals surface area contributed by atoms with Gasteiger partial charge >= 0.3 is 0 Å². The van der Waals surface area contributed by atoms with Gasteiger partial charge in [0.15, 0.2) is 17.5 Å². The van der Waals surface area contributed by atoms with Crippen molar-refractivity contribution in [2.45, 2.75) is 52.6 Å². The second-order valence-electron chi connectivity index (χ2n) is 6.76. The highest BCUT2D eigenvalue weighted by Gasteiger charge is 2.25. The van der Waals surface area contributed by atoms with E-state index < -0.39 is 29.0 Å². The van der Waals surface area contributed by atoms with Crippen LogP contribution in [-0.2, 0) is 9.59 Å². The standard InChI is InChI=1S/C19H28F3N3O2/c1-6-12(3)25(13(4)7-2)17(27)11-24(5)10-16(26)23-15-9-8-14(20)18(21)19(15)22/h8-9,12-13H,6-7,10-11H2,1-5H3,(H,23,26)/t12-,13-/m1/s1. The molecule has 0 unspecified atom stereocenters. The molecular formula is C19H28F3N3O2. The minimum absolute atomic E-state index is 0.0162. The lowest BCUT2D eigenvalue weighted by atomic mass is 10.1. The lowest BCUT2D eigenvalue weighted by Crippen LogP contribution is -2.49. The van der Waals surface area contributed by atoms with E-state index in [2.05, 4.69) is 5.32 Å². The third-order valence-electron chi connectivity index (χ3n) is 4.55. The molecule has 1 N–H and O–H groups in total. The van der Waals surface area contributed by atoms with E-state index in [9.17, 15) is 22.8 Å². The maximum absolute atomic E-state index is 13.6. The number of halogens is 3. The molecule has 0 radical (unpaired) electrons. The van der Waals surface area contributed by atoms with E-state index in [0.29, 0.717) is 0 Å². The zero-order valence-electron chi connectivity index (χ0n) is 16.5. The smallest absolute Gasteiger partial charge is 0.238 e. The quantitative estimate of drug-likeness (QED) is 0.661. The third-order valence-corrected chi connectivity index (χ3v) is 4.55. The molecule has 2 atom stereocenters. The molecule has 0 saturated carbocycles. The fourth-order valence-corrected chi connectivity index (χ4v) is 2.75. The van der Waals surface area contributed by atoms with Crippen LogP contribution in [0, 0.1) is 17.5 Å². The van der Waals surface area contributed by atoms with Crippen molar-refractivity contribution < 1.29 is 22.8 Å². The number of nitrogens with one attached hydrogen (secondary N) is 1. The SMILES string of the molecule is CC[C@@H](C)N(C(=O)CN(C)CC(=O)Nc1ccc(F)c(F)c1F)[C@H](C)CC. The van der Waals surface area contributed by atoms with Crippen LogP contribution in [-0.4, -0.2) is 53.8 Å². The molecule has 8 heteroatoms. The lowest BCUT2D eigenvalue weighted by molar-refractivity contribution is -0.136. The molecule has 0 fully saturated rings. The maximum atomic E-state index is 13.6. The molecule has 5 nitrogen and oxygen atoms in total. The van der Waals surface area contributed by atoms with Crippen LogP contribution in [0.4, 0.5) is 18.9 Å². The molecule has 0 bridgehead atoms. The number of hydrogen-bond acceptors (Lipinski definition) is 3. The Balaban J connectivity index is 2.70. The van der Waals surface area contributed by atoms with Gasteiger partial charge in [-0.15, -0.1) is 0 Å². The van der Waals surface area contributed by atoms with Gasteiger partial charge in [-0.25, -0.2) is 13.2 Å². The number of amides is 2. The van der Waals surface area contributed by atoms with Crippen LogP contribution in [0.2, 0.25) is 0 Å². The molecule has 0 aromatic heterocycles. The normalized spacial score (nSPS) is 13.4. The number of anilines is 1. The average Bonchev–Trinajstić information content (AvgIpc) is 2.61. The average molecular weight is 387 g/mol. The Hall–Kier alpha value is -2.09. The minimum Gasteiger partial charge on any atom is -0.336 e. The Morgan fingerprint density at radius 3 is 2.07 bits per heavy atom. The van der Waals surface area contributed by atoms with Crippen molar-refractivity contribution in [1.29, 1.82) is 0 Å². The highest BCUT2D eigenvalue weighted by molar-refractivity contribution is 5.92. The molecule has 0 saturated heterocycles. The number of hydrogen-bond donors (Lipinski definition) is 1. The summed E-state index contributed by atoms with van der Waals surface area (Å²) in [5.74, 6) is -5.17. The van der Waals surface area contributed by atoms with Gasteiger partial charge in [0.25, 0.3) is 0 Å². The molecule has 0 spiro atoms. The number of carbonyl (C=O) groups excluding carboxylic acids is 2. The van der Waals surface area contributed by atoms with Gasteiger partial charge < -0.3 is 10.2 Å². The van der Waals surface area contributed by atoms with Crippen molar-refractivity contribution in [3.8, 4) is 0 Å². The summed E-state index contributed by atoms with van der Waals surface area (Å²) in [6.07, 6.45) is 1.63. The van der Waals surface area contributed by atoms with Crippen LogP contribution < -0.4 is 5.32 Å². The fraction of sp³-hybridized carbons (Fsp3) is 0.579. The number of benzene rings is 1. The summed E-state index contributed by atoms with van der Waals surface area (Å²) < 4.78 is 39.8. The summed E-state index contributed by atoms with van der Waals surface area (Å²) in [6, 6.07) is 1.83. The Kier molecular flexibility index (Phi) is 8.75. The first-order valence-corrected chi connectivity index (χ1v) is 9.05. The molecule has 2 amide bonds. The summed E-state index contributed by atoms with van der Waals surface area (Å²) >= 11 is 0. The van der Waals surface area contributed by atoms with Gasteiger partial charge in [-0.05, 0) is 45.9 Å². The van der Waals surface area contributed by atoms with E-state index >= 15 is 0 Å². The second kappa shape index (κ2) is 10.3. The monoisotopic (exact) mass is 387 g/mol. The van der Waals surface area contributed by atoms with Crippen LogP contribution in [0.1, 0.15) is 40.5 Å². The van der Waals surface area contributed by atoms with Crippen molar-refractivity contribution in [1.82, 2.24) is 9.80 Å². The van der Waals surface area contributed by atoms with Crippen LogP contribution in [0.15, 0.2) is 12.1 Å². The predicted molar refractivity (Wildman–Crippen MR) is 98.8 cm³/mol. The van der Waals surface area contributed by atoms with E-state index in [1.807, 2.05) is 32.6 Å². The molecule has 0 heterocycles. The summed E-state index contributed by atoms with van der Waals surface area (Å²) in [5, 5.41) is 2.19. The van der Waals surface area contributed by atoms with Gasteiger partial charge in [-0.3, -0.25) is 14.5 Å². The molecule has 27 heavy (non-hydrogen) atoms. The molecule has 0 aliphatic rings. The number of rotatable bonds is 9. The van der Waals surface area contributed by atoms with Gasteiger partial charge in [0.1, 0.15) is 0 Å². The number of likely N-dealkylation sites (N-methyl/N-ethyl adjacent to an activating group) is 1. The van der Waals surface area contributed by atoms with E-state index in [-0.39, 0.29) is 31.1 Å². The van der Waals surface area contributed by atoms with Crippen molar-refractivity contribution in [2.24, 2.45) is 0 Å². The summed E-state index contributed by atoms with van der Waals surface area (Å²) in [7, 11) is 1.59. The van der Waals surface area contributed by atoms with Gasteiger partial charge in [0.2, 0.25) is 11.8 Å². The Labute approximate surface area is 158 Å². The van der Waals surface area contributed by atoms with Crippen molar-refractivity contribution in [3.63, 3.8) is 0 Å². The molecule has 1 aromatic carbocycles. The summed E-state index contributed by atoms with van der Waals surface area (Å²) in [6.45, 7) is 7.77. The maximum Gasteiger partial charge on any atom is 0.238 e. The van der Waals surface area contributed by atoms with Gasteiger partial charge in [0, 0.05) is 12.1 Å². The molecule has 152 valence electrons. The first kappa shape index (κ1) is 23.0. The van der Waals surface area contributed by atoms with E-state index in [0.717, 1.165) is 25.0 Å². The highest BCUT2D eigenvalue weighted by Crippen LogP contribution is 2.19. The molecule has 1 aromatic rings.